The van der Waals surface area contributed by atoms with Gasteiger partial charge in [-0.05, 0) is 30.2 Å². The SMILES string of the molecule is O=C(/C=C/c1ccc(F)c(Cl)c1)N1CCN([C@H]2CCS(=O)(=O)C2)CC1. The van der Waals surface area contributed by atoms with Gasteiger partial charge in [-0.1, -0.05) is 17.7 Å². The standard InChI is InChI=1S/C17H20ClFN2O3S/c18-15-11-13(1-3-16(15)19)2-4-17(22)21-8-6-20(7-9-21)14-5-10-25(23,24)12-14/h1-4,11,14H,5-10,12H2/b4-2+/t14-/m0/s1. The highest BCUT2D eigenvalue weighted by atomic mass is 35.5. The Kier molecular flexibility index (Phi) is 5.46. The lowest BCUT2D eigenvalue weighted by atomic mass is 10.1. The molecule has 1 aromatic rings. The molecule has 0 unspecified atom stereocenters. The lowest BCUT2D eigenvalue weighted by molar-refractivity contribution is -0.127. The first kappa shape index (κ1) is 18.4. The summed E-state index contributed by atoms with van der Waals surface area (Å²) in [5.74, 6) is -0.110. The molecule has 0 aromatic heterocycles. The fourth-order valence-corrected chi connectivity index (χ4v) is 5.21. The predicted molar refractivity (Wildman–Crippen MR) is 95.7 cm³/mol. The van der Waals surface area contributed by atoms with E-state index < -0.39 is 15.7 Å². The van der Waals surface area contributed by atoms with Crippen molar-refractivity contribution >= 4 is 33.4 Å². The van der Waals surface area contributed by atoms with Gasteiger partial charge in [-0.25, -0.2) is 12.8 Å². The highest BCUT2D eigenvalue weighted by Gasteiger charge is 2.34. The molecule has 0 radical (unpaired) electrons. The molecule has 5 nitrogen and oxygen atoms in total. The molecule has 2 aliphatic heterocycles. The van der Waals surface area contributed by atoms with E-state index in [-0.39, 0.29) is 28.5 Å². The Morgan fingerprint density at radius 1 is 1.24 bits per heavy atom. The molecule has 0 saturated carbocycles. The molecule has 2 fully saturated rings. The zero-order valence-electron chi connectivity index (χ0n) is 13.7. The molecular formula is C17H20ClFN2O3S. The summed E-state index contributed by atoms with van der Waals surface area (Å²) in [5.41, 5.74) is 0.662. The lowest BCUT2D eigenvalue weighted by Crippen LogP contribution is -2.52. The topological polar surface area (TPSA) is 57.7 Å². The number of benzene rings is 1. The van der Waals surface area contributed by atoms with Gasteiger partial charge >= 0.3 is 0 Å². The molecule has 3 rings (SSSR count). The second-order valence-corrected chi connectivity index (χ2v) is 9.06. The van der Waals surface area contributed by atoms with E-state index in [0.29, 0.717) is 38.2 Å². The maximum atomic E-state index is 13.1. The summed E-state index contributed by atoms with van der Waals surface area (Å²) >= 11 is 5.72. The minimum Gasteiger partial charge on any atom is -0.337 e. The zero-order valence-corrected chi connectivity index (χ0v) is 15.3. The van der Waals surface area contributed by atoms with Crippen LogP contribution in [0.4, 0.5) is 4.39 Å². The largest absolute Gasteiger partial charge is 0.337 e. The van der Waals surface area contributed by atoms with Gasteiger partial charge in [0.25, 0.3) is 0 Å². The molecule has 8 heteroatoms. The number of hydrogen-bond acceptors (Lipinski definition) is 4. The Labute approximate surface area is 152 Å². The number of rotatable bonds is 3. The molecule has 1 aromatic carbocycles. The van der Waals surface area contributed by atoms with Crippen molar-refractivity contribution in [3.8, 4) is 0 Å². The van der Waals surface area contributed by atoms with Gasteiger partial charge in [-0.2, -0.15) is 0 Å². The van der Waals surface area contributed by atoms with Crippen LogP contribution in [0.3, 0.4) is 0 Å². The van der Waals surface area contributed by atoms with E-state index in [2.05, 4.69) is 4.90 Å². The van der Waals surface area contributed by atoms with Crippen LogP contribution in [0.15, 0.2) is 24.3 Å². The second-order valence-electron chi connectivity index (χ2n) is 6.42. The van der Waals surface area contributed by atoms with Crippen molar-refractivity contribution in [1.29, 1.82) is 0 Å². The average molecular weight is 387 g/mol. The van der Waals surface area contributed by atoms with Crippen LogP contribution in [0, 0.1) is 5.82 Å². The fraction of sp³-hybridized carbons (Fsp3) is 0.471. The number of carbonyl (C=O) groups excluding carboxylic acids is 1. The summed E-state index contributed by atoms with van der Waals surface area (Å²) in [6.07, 6.45) is 3.75. The minimum absolute atomic E-state index is 0.0229. The number of carbonyl (C=O) groups is 1. The summed E-state index contributed by atoms with van der Waals surface area (Å²) in [6, 6.07) is 4.38. The van der Waals surface area contributed by atoms with Gasteiger partial charge in [0.2, 0.25) is 5.91 Å². The van der Waals surface area contributed by atoms with Crippen molar-refractivity contribution in [3.05, 3.63) is 40.7 Å². The summed E-state index contributed by atoms with van der Waals surface area (Å²) in [6.45, 7) is 2.51. The van der Waals surface area contributed by atoms with E-state index in [1.807, 2.05) is 0 Å². The third-order valence-electron chi connectivity index (χ3n) is 4.71. The molecule has 0 aliphatic carbocycles. The van der Waals surface area contributed by atoms with E-state index in [4.69, 9.17) is 11.6 Å². The molecule has 2 heterocycles. The molecular weight excluding hydrogens is 367 g/mol. The van der Waals surface area contributed by atoms with Gasteiger partial charge in [0.1, 0.15) is 5.82 Å². The molecule has 2 aliphatic rings. The molecule has 25 heavy (non-hydrogen) atoms. The number of halogens is 2. The van der Waals surface area contributed by atoms with E-state index in [9.17, 15) is 17.6 Å². The molecule has 0 N–H and O–H groups in total. The van der Waals surface area contributed by atoms with Crippen molar-refractivity contribution in [3.63, 3.8) is 0 Å². The highest BCUT2D eigenvalue weighted by Crippen LogP contribution is 2.20. The number of hydrogen-bond donors (Lipinski definition) is 0. The monoisotopic (exact) mass is 386 g/mol. The Bertz CT molecular complexity index is 789. The first-order valence-electron chi connectivity index (χ1n) is 8.20. The normalized spacial score (nSPS) is 24.1. The van der Waals surface area contributed by atoms with Gasteiger partial charge in [-0.3, -0.25) is 9.69 Å². The minimum atomic E-state index is -2.89. The molecule has 2 saturated heterocycles. The van der Waals surface area contributed by atoms with Gasteiger partial charge < -0.3 is 4.90 Å². The lowest BCUT2D eigenvalue weighted by Gasteiger charge is -2.37. The first-order chi connectivity index (χ1) is 11.8. The van der Waals surface area contributed by atoms with Crippen molar-refractivity contribution < 1.29 is 17.6 Å². The van der Waals surface area contributed by atoms with Crippen LogP contribution in [-0.4, -0.2) is 67.9 Å². The van der Waals surface area contributed by atoms with E-state index in [1.54, 1.807) is 17.0 Å². The van der Waals surface area contributed by atoms with Crippen LogP contribution in [-0.2, 0) is 14.6 Å². The Morgan fingerprint density at radius 3 is 2.56 bits per heavy atom. The third kappa shape index (κ3) is 4.59. The third-order valence-corrected chi connectivity index (χ3v) is 6.75. The van der Waals surface area contributed by atoms with Crippen LogP contribution in [0.1, 0.15) is 12.0 Å². The summed E-state index contributed by atoms with van der Waals surface area (Å²) < 4.78 is 36.3. The van der Waals surface area contributed by atoms with E-state index in [1.165, 1.54) is 18.2 Å². The van der Waals surface area contributed by atoms with E-state index in [0.717, 1.165) is 0 Å². The first-order valence-corrected chi connectivity index (χ1v) is 10.4. The van der Waals surface area contributed by atoms with Gasteiger partial charge in [0.05, 0.1) is 16.5 Å². The number of amides is 1. The smallest absolute Gasteiger partial charge is 0.246 e. The predicted octanol–water partition coefficient (Wildman–Crippen LogP) is 1.82. The quantitative estimate of drug-likeness (QED) is 0.743. The zero-order chi connectivity index (χ0) is 18.0. The number of nitrogens with zero attached hydrogens (tertiary/aromatic N) is 2. The van der Waals surface area contributed by atoms with Crippen LogP contribution in [0.25, 0.3) is 6.08 Å². The van der Waals surface area contributed by atoms with Crippen molar-refractivity contribution in [2.75, 3.05) is 37.7 Å². The average Bonchev–Trinajstić information content (AvgIpc) is 2.96. The van der Waals surface area contributed by atoms with Crippen molar-refractivity contribution in [2.24, 2.45) is 0 Å². The van der Waals surface area contributed by atoms with Gasteiger partial charge in [0.15, 0.2) is 9.84 Å². The van der Waals surface area contributed by atoms with Crippen molar-refractivity contribution in [1.82, 2.24) is 9.80 Å². The van der Waals surface area contributed by atoms with Crippen LogP contribution in [0.5, 0.6) is 0 Å². The Morgan fingerprint density at radius 2 is 1.96 bits per heavy atom. The number of sulfone groups is 1. The fourth-order valence-electron chi connectivity index (χ4n) is 3.26. The highest BCUT2D eigenvalue weighted by molar-refractivity contribution is 7.91. The molecule has 1 amide bonds. The van der Waals surface area contributed by atoms with Crippen LogP contribution < -0.4 is 0 Å². The summed E-state index contributed by atoms with van der Waals surface area (Å²) in [4.78, 5) is 16.2. The van der Waals surface area contributed by atoms with E-state index >= 15 is 0 Å². The summed E-state index contributed by atoms with van der Waals surface area (Å²) in [7, 11) is -2.89. The molecule has 0 bridgehead atoms. The summed E-state index contributed by atoms with van der Waals surface area (Å²) in [5, 5.41) is 0.0229. The van der Waals surface area contributed by atoms with Gasteiger partial charge in [0, 0.05) is 38.3 Å². The Hall–Kier alpha value is -1.44. The maximum absolute atomic E-state index is 13.1. The van der Waals surface area contributed by atoms with Gasteiger partial charge in [-0.15, -0.1) is 0 Å². The molecule has 1 atom stereocenters. The second kappa shape index (κ2) is 7.43. The Balaban J connectivity index is 1.53. The number of piperazine rings is 1. The van der Waals surface area contributed by atoms with Crippen LogP contribution >= 0.6 is 11.6 Å². The maximum Gasteiger partial charge on any atom is 0.246 e. The van der Waals surface area contributed by atoms with Crippen LogP contribution in [0.2, 0.25) is 5.02 Å². The van der Waals surface area contributed by atoms with Crippen molar-refractivity contribution in [2.45, 2.75) is 12.5 Å². The molecule has 136 valence electrons. The molecule has 0 spiro atoms.